The smallest absolute Gasteiger partial charge is 0.220 e. The van der Waals surface area contributed by atoms with Crippen molar-refractivity contribution in [2.75, 3.05) is 51.3 Å². The van der Waals surface area contributed by atoms with Crippen LogP contribution in [0.15, 0.2) is 24.3 Å². The summed E-state index contributed by atoms with van der Waals surface area (Å²) in [5.74, 6) is 1.91. The number of aromatic nitrogens is 2. The topological polar surface area (TPSA) is 70.6 Å². The molecule has 0 unspecified atom stereocenters. The number of unbranched alkanes of at least 4 members (excludes halogenated alkanes) is 5. The van der Waals surface area contributed by atoms with Crippen molar-refractivity contribution in [1.29, 1.82) is 0 Å². The van der Waals surface area contributed by atoms with E-state index < -0.39 is 0 Å². The van der Waals surface area contributed by atoms with E-state index in [0.29, 0.717) is 12.8 Å². The normalized spacial score (nSPS) is 14.4. The highest BCUT2D eigenvalue weighted by molar-refractivity contribution is 7.09. The lowest BCUT2D eigenvalue weighted by atomic mass is 10.1. The van der Waals surface area contributed by atoms with Crippen LogP contribution in [-0.4, -0.2) is 66.5 Å². The summed E-state index contributed by atoms with van der Waals surface area (Å²) in [5, 5.41) is 4.09. The van der Waals surface area contributed by atoms with E-state index in [1.54, 1.807) is 7.11 Å². The maximum absolute atomic E-state index is 12.0. The van der Waals surface area contributed by atoms with E-state index in [4.69, 9.17) is 9.72 Å². The van der Waals surface area contributed by atoms with E-state index in [-0.39, 0.29) is 5.91 Å². The van der Waals surface area contributed by atoms with Crippen LogP contribution in [0, 0.1) is 0 Å². The Bertz CT molecular complexity index is 836. The number of carbonyl (C=O) groups is 1. The second-order valence-electron chi connectivity index (χ2n) is 8.72. The molecule has 7 nitrogen and oxygen atoms in total. The van der Waals surface area contributed by atoms with Crippen molar-refractivity contribution in [1.82, 2.24) is 19.6 Å². The van der Waals surface area contributed by atoms with E-state index >= 15 is 0 Å². The third-order valence-electron chi connectivity index (χ3n) is 6.10. The summed E-state index contributed by atoms with van der Waals surface area (Å²) >= 11 is 1.48. The Morgan fingerprint density at radius 1 is 1.12 bits per heavy atom. The summed E-state index contributed by atoms with van der Waals surface area (Å²) in [6.45, 7) is 7.73. The van der Waals surface area contributed by atoms with Crippen LogP contribution >= 0.6 is 11.5 Å². The van der Waals surface area contributed by atoms with Crippen molar-refractivity contribution in [3.05, 3.63) is 35.7 Å². The maximum atomic E-state index is 12.0. The molecule has 182 valence electrons. The third-order valence-corrected chi connectivity index (χ3v) is 6.92. The summed E-state index contributed by atoms with van der Waals surface area (Å²) in [5.41, 5.74) is 1.15. The molecule has 33 heavy (non-hydrogen) atoms. The van der Waals surface area contributed by atoms with Crippen LogP contribution in [0.4, 0.5) is 5.13 Å². The van der Waals surface area contributed by atoms with Crippen molar-refractivity contribution < 1.29 is 9.53 Å². The fraction of sp³-hybridized carbons (Fsp3) is 0.640. The van der Waals surface area contributed by atoms with Gasteiger partial charge in [-0.15, -0.1) is 0 Å². The molecule has 1 aliphatic rings. The molecule has 2 aromatic rings. The summed E-state index contributed by atoms with van der Waals surface area (Å²) in [6.07, 6.45) is 8.68. The average molecular weight is 474 g/mol. The highest BCUT2D eigenvalue weighted by Crippen LogP contribution is 2.21. The minimum absolute atomic E-state index is 0.196. The minimum Gasteiger partial charge on any atom is -0.497 e. The Labute approximate surface area is 202 Å². The summed E-state index contributed by atoms with van der Waals surface area (Å²) in [4.78, 5) is 21.5. The molecule has 2 heterocycles. The fourth-order valence-electron chi connectivity index (χ4n) is 4.08. The lowest BCUT2D eigenvalue weighted by molar-refractivity contribution is -0.121. The first kappa shape index (κ1) is 25.4. The Balaban J connectivity index is 1.30. The molecule has 1 saturated heterocycles. The second kappa shape index (κ2) is 14.2. The number of hydrogen-bond donors (Lipinski definition) is 1. The van der Waals surface area contributed by atoms with Gasteiger partial charge in [0.2, 0.25) is 11.0 Å². The number of anilines is 1. The highest BCUT2D eigenvalue weighted by atomic mass is 32.1. The van der Waals surface area contributed by atoms with Crippen LogP contribution in [0.2, 0.25) is 0 Å². The van der Waals surface area contributed by atoms with Crippen molar-refractivity contribution >= 4 is 22.6 Å². The van der Waals surface area contributed by atoms with Crippen LogP contribution in [0.25, 0.3) is 0 Å². The Morgan fingerprint density at radius 3 is 2.70 bits per heavy atom. The van der Waals surface area contributed by atoms with Gasteiger partial charge in [-0.25, -0.2) is 4.98 Å². The Hall–Kier alpha value is -2.19. The van der Waals surface area contributed by atoms with E-state index in [2.05, 4.69) is 32.5 Å². The van der Waals surface area contributed by atoms with Gasteiger partial charge in [-0.05, 0) is 24.1 Å². The molecule has 0 aliphatic carbocycles. The molecule has 8 heteroatoms. The molecular formula is C25H39N5O2S. The van der Waals surface area contributed by atoms with Crippen LogP contribution in [0.5, 0.6) is 5.75 Å². The van der Waals surface area contributed by atoms with Gasteiger partial charge in [-0.2, -0.15) is 4.37 Å². The van der Waals surface area contributed by atoms with E-state index in [9.17, 15) is 4.79 Å². The minimum atomic E-state index is 0.196. The number of piperazine rings is 1. The van der Waals surface area contributed by atoms with Crippen LogP contribution in [0.1, 0.15) is 63.3 Å². The van der Waals surface area contributed by atoms with Gasteiger partial charge >= 0.3 is 0 Å². The highest BCUT2D eigenvalue weighted by Gasteiger charge is 2.20. The number of methoxy groups -OCH3 is 1. The number of amides is 1. The van der Waals surface area contributed by atoms with Crippen LogP contribution in [0.3, 0.4) is 0 Å². The molecular weight excluding hydrogens is 434 g/mol. The van der Waals surface area contributed by atoms with Crippen molar-refractivity contribution in [2.45, 2.75) is 58.3 Å². The zero-order valence-electron chi connectivity index (χ0n) is 20.2. The molecule has 0 atom stereocenters. The summed E-state index contributed by atoms with van der Waals surface area (Å²) < 4.78 is 9.87. The predicted octanol–water partition coefficient (Wildman–Crippen LogP) is 4.13. The number of rotatable bonds is 14. The number of benzene rings is 1. The van der Waals surface area contributed by atoms with Gasteiger partial charge in [0.15, 0.2) is 0 Å². The summed E-state index contributed by atoms with van der Waals surface area (Å²) in [7, 11) is 1.68. The number of nitrogens with one attached hydrogen (secondary N) is 1. The van der Waals surface area contributed by atoms with Crippen LogP contribution < -0.4 is 15.0 Å². The molecule has 1 fully saturated rings. The molecule has 1 N–H and O–H groups in total. The van der Waals surface area contributed by atoms with Gasteiger partial charge in [0.05, 0.1) is 7.11 Å². The molecule has 0 saturated carbocycles. The lowest BCUT2D eigenvalue weighted by Gasteiger charge is -2.34. The van der Waals surface area contributed by atoms with Crippen molar-refractivity contribution in [3.8, 4) is 5.75 Å². The Morgan fingerprint density at radius 2 is 1.91 bits per heavy atom. The van der Waals surface area contributed by atoms with E-state index in [1.165, 1.54) is 43.6 Å². The molecule has 0 bridgehead atoms. The first-order valence-corrected chi connectivity index (χ1v) is 13.1. The first-order chi connectivity index (χ1) is 16.2. The fourth-order valence-corrected chi connectivity index (χ4v) is 4.82. The molecule has 3 rings (SSSR count). The zero-order valence-corrected chi connectivity index (χ0v) is 21.0. The predicted molar refractivity (Wildman–Crippen MR) is 135 cm³/mol. The molecule has 1 aliphatic heterocycles. The lowest BCUT2D eigenvalue weighted by Crippen LogP contribution is -2.48. The molecule has 1 aromatic heterocycles. The van der Waals surface area contributed by atoms with Gasteiger partial charge in [0.1, 0.15) is 11.6 Å². The van der Waals surface area contributed by atoms with Crippen molar-refractivity contribution in [2.24, 2.45) is 0 Å². The standard InChI is InChI=1S/C25H39N5O2S/c1-3-4-5-6-7-8-12-24(31)26-13-14-29-15-17-30(18-16-29)25-27-23(28-33-25)20-21-10-9-11-22(19-21)32-2/h9-11,19H,3-8,12-18,20H2,1-2H3,(H,26,31). The van der Waals surface area contributed by atoms with E-state index in [1.807, 2.05) is 18.2 Å². The van der Waals surface area contributed by atoms with Gasteiger partial charge < -0.3 is 15.0 Å². The third kappa shape index (κ3) is 8.93. The zero-order chi connectivity index (χ0) is 23.3. The first-order valence-electron chi connectivity index (χ1n) is 12.4. The van der Waals surface area contributed by atoms with Gasteiger partial charge in [-0.1, -0.05) is 51.2 Å². The Kier molecular flexibility index (Phi) is 10.9. The average Bonchev–Trinajstić information content (AvgIpc) is 3.30. The SMILES string of the molecule is CCCCCCCCC(=O)NCCN1CCN(c2nc(Cc3cccc(OC)c3)ns2)CC1. The van der Waals surface area contributed by atoms with Gasteiger partial charge in [0.25, 0.3) is 0 Å². The van der Waals surface area contributed by atoms with Gasteiger partial charge in [0, 0.05) is 63.6 Å². The second-order valence-corrected chi connectivity index (χ2v) is 9.45. The largest absolute Gasteiger partial charge is 0.497 e. The number of carbonyl (C=O) groups excluding carboxylic acids is 1. The van der Waals surface area contributed by atoms with E-state index in [0.717, 1.165) is 68.0 Å². The molecule has 0 spiro atoms. The molecule has 1 amide bonds. The van der Waals surface area contributed by atoms with Gasteiger partial charge in [-0.3, -0.25) is 9.69 Å². The number of nitrogens with zero attached hydrogens (tertiary/aromatic N) is 4. The maximum Gasteiger partial charge on any atom is 0.220 e. The monoisotopic (exact) mass is 473 g/mol. The van der Waals surface area contributed by atoms with Crippen LogP contribution in [-0.2, 0) is 11.2 Å². The molecule has 1 aromatic carbocycles. The quantitative estimate of drug-likeness (QED) is 0.416. The van der Waals surface area contributed by atoms with Crippen molar-refractivity contribution in [3.63, 3.8) is 0 Å². The number of ether oxygens (including phenoxy) is 1. The summed E-state index contributed by atoms with van der Waals surface area (Å²) in [6, 6.07) is 8.06. The number of hydrogen-bond acceptors (Lipinski definition) is 7. The molecule has 0 radical (unpaired) electrons.